The zero-order valence-electron chi connectivity index (χ0n) is 10.6. The molecule has 0 saturated carbocycles. The summed E-state index contributed by atoms with van der Waals surface area (Å²) in [4.78, 5) is 11.4. The average Bonchev–Trinajstić information content (AvgIpc) is 2.01. The lowest BCUT2D eigenvalue weighted by atomic mass is 9.82. The van der Waals surface area contributed by atoms with Crippen molar-refractivity contribution in [1.29, 1.82) is 0 Å². The Morgan fingerprint density at radius 1 is 1.20 bits per heavy atom. The first-order valence-electron chi connectivity index (χ1n) is 5.82. The van der Waals surface area contributed by atoms with Crippen LogP contribution in [0.4, 0.5) is 0 Å². The van der Waals surface area contributed by atoms with Crippen molar-refractivity contribution in [2.45, 2.75) is 53.0 Å². The zero-order chi connectivity index (χ0) is 12.1. The number of carbonyl (C=O) groups is 1. The minimum absolute atomic E-state index is 0.388. The van der Waals surface area contributed by atoms with Crippen molar-refractivity contribution in [3.63, 3.8) is 0 Å². The number of aliphatic carboxylic acids is 1. The van der Waals surface area contributed by atoms with Crippen LogP contribution < -0.4 is 5.32 Å². The van der Waals surface area contributed by atoms with Crippen molar-refractivity contribution in [2.75, 3.05) is 6.54 Å². The maximum Gasteiger partial charge on any atom is 0.323 e. The number of hydrogen-bond donors (Lipinski definition) is 2. The number of nitrogens with one attached hydrogen (secondary N) is 1. The van der Waals surface area contributed by atoms with Gasteiger partial charge in [0, 0.05) is 0 Å². The average molecular weight is 215 g/mol. The van der Waals surface area contributed by atoms with E-state index in [0.717, 1.165) is 0 Å². The molecule has 15 heavy (non-hydrogen) atoms. The molecule has 3 heteroatoms. The molecule has 0 atom stereocenters. The lowest BCUT2D eigenvalue weighted by molar-refractivity contribution is -0.146. The minimum Gasteiger partial charge on any atom is -0.480 e. The normalized spacial score (nSPS) is 12.5. The number of likely N-dealkylation sites (N-methyl/N-ethyl adjacent to an activating group) is 1. The molecule has 0 aromatic heterocycles. The van der Waals surface area contributed by atoms with E-state index in [-0.39, 0.29) is 0 Å². The molecule has 0 heterocycles. The van der Waals surface area contributed by atoms with Gasteiger partial charge in [0.2, 0.25) is 0 Å². The van der Waals surface area contributed by atoms with E-state index < -0.39 is 11.5 Å². The Morgan fingerprint density at radius 2 is 1.60 bits per heavy atom. The van der Waals surface area contributed by atoms with Gasteiger partial charge in [-0.1, -0.05) is 34.6 Å². The standard InChI is InChI=1S/C12H25NO2/c1-6-13-12(11(14)15,7-9(2)3)8-10(4)5/h9-10,13H,6-8H2,1-5H3,(H,14,15). The summed E-state index contributed by atoms with van der Waals surface area (Å²) in [5.74, 6) is 0.0598. The summed E-state index contributed by atoms with van der Waals surface area (Å²) in [7, 11) is 0. The van der Waals surface area contributed by atoms with Crippen LogP contribution in [0.3, 0.4) is 0 Å². The lowest BCUT2D eigenvalue weighted by Crippen LogP contribution is -2.53. The minimum atomic E-state index is -0.739. The largest absolute Gasteiger partial charge is 0.480 e. The molecule has 0 unspecified atom stereocenters. The number of rotatable bonds is 7. The third-order valence-electron chi connectivity index (χ3n) is 2.44. The smallest absolute Gasteiger partial charge is 0.323 e. The third-order valence-corrected chi connectivity index (χ3v) is 2.44. The number of carboxylic acids is 1. The van der Waals surface area contributed by atoms with Crippen LogP contribution in [0, 0.1) is 11.8 Å². The lowest BCUT2D eigenvalue weighted by Gasteiger charge is -2.33. The van der Waals surface area contributed by atoms with Gasteiger partial charge in [0.1, 0.15) is 5.54 Å². The molecule has 0 aromatic rings. The van der Waals surface area contributed by atoms with Crippen LogP contribution in [0.25, 0.3) is 0 Å². The van der Waals surface area contributed by atoms with E-state index in [0.29, 0.717) is 31.2 Å². The van der Waals surface area contributed by atoms with E-state index in [9.17, 15) is 9.90 Å². The molecule has 0 aliphatic carbocycles. The van der Waals surface area contributed by atoms with Crippen LogP contribution >= 0.6 is 0 Å². The molecule has 3 nitrogen and oxygen atoms in total. The molecule has 0 aliphatic rings. The Morgan fingerprint density at radius 3 is 1.80 bits per heavy atom. The Bertz CT molecular complexity index is 190. The second-order valence-electron chi connectivity index (χ2n) is 5.11. The fraction of sp³-hybridized carbons (Fsp3) is 0.917. The second kappa shape index (κ2) is 6.11. The quantitative estimate of drug-likeness (QED) is 0.686. The number of carboxylic acid groups (broad SMARTS) is 1. The van der Waals surface area contributed by atoms with Gasteiger partial charge in [-0.15, -0.1) is 0 Å². The van der Waals surface area contributed by atoms with Gasteiger partial charge in [-0.25, -0.2) is 0 Å². The van der Waals surface area contributed by atoms with Crippen molar-refractivity contribution in [3.8, 4) is 0 Å². The summed E-state index contributed by atoms with van der Waals surface area (Å²) in [6.45, 7) is 10.9. The van der Waals surface area contributed by atoms with E-state index in [1.807, 2.05) is 6.92 Å². The predicted molar refractivity (Wildman–Crippen MR) is 63.0 cm³/mol. The second-order valence-corrected chi connectivity index (χ2v) is 5.11. The summed E-state index contributed by atoms with van der Waals surface area (Å²) in [6.07, 6.45) is 1.38. The first kappa shape index (κ1) is 14.4. The van der Waals surface area contributed by atoms with E-state index in [1.54, 1.807) is 0 Å². The highest BCUT2D eigenvalue weighted by atomic mass is 16.4. The third kappa shape index (κ3) is 4.65. The van der Waals surface area contributed by atoms with Crippen LogP contribution in [0.2, 0.25) is 0 Å². The Hall–Kier alpha value is -0.570. The van der Waals surface area contributed by atoms with Crippen molar-refractivity contribution in [1.82, 2.24) is 5.32 Å². The Balaban J connectivity index is 4.80. The van der Waals surface area contributed by atoms with Gasteiger partial charge < -0.3 is 10.4 Å². The van der Waals surface area contributed by atoms with Gasteiger partial charge in [0.15, 0.2) is 0 Å². The van der Waals surface area contributed by atoms with Gasteiger partial charge >= 0.3 is 5.97 Å². The first-order chi connectivity index (χ1) is 6.84. The fourth-order valence-electron chi connectivity index (χ4n) is 2.21. The molecule has 0 spiro atoms. The van der Waals surface area contributed by atoms with Gasteiger partial charge in [0.05, 0.1) is 0 Å². The molecule has 0 amide bonds. The van der Waals surface area contributed by atoms with Crippen molar-refractivity contribution >= 4 is 5.97 Å². The highest BCUT2D eigenvalue weighted by Crippen LogP contribution is 2.25. The number of hydrogen-bond acceptors (Lipinski definition) is 2. The maximum absolute atomic E-state index is 11.4. The summed E-state index contributed by atoms with van der Waals surface area (Å²) >= 11 is 0. The topological polar surface area (TPSA) is 49.3 Å². The molecule has 0 bridgehead atoms. The summed E-state index contributed by atoms with van der Waals surface area (Å²) in [6, 6.07) is 0. The highest BCUT2D eigenvalue weighted by molar-refractivity contribution is 5.78. The van der Waals surface area contributed by atoms with E-state index in [1.165, 1.54) is 0 Å². The molecule has 2 N–H and O–H groups in total. The van der Waals surface area contributed by atoms with Gasteiger partial charge in [-0.05, 0) is 31.2 Å². The highest BCUT2D eigenvalue weighted by Gasteiger charge is 2.38. The van der Waals surface area contributed by atoms with Gasteiger partial charge in [-0.2, -0.15) is 0 Å². The molecule has 0 rings (SSSR count). The van der Waals surface area contributed by atoms with Gasteiger partial charge in [0.25, 0.3) is 0 Å². The van der Waals surface area contributed by atoms with Gasteiger partial charge in [-0.3, -0.25) is 4.79 Å². The molecule has 0 aliphatic heterocycles. The fourth-order valence-corrected chi connectivity index (χ4v) is 2.21. The molecular weight excluding hydrogens is 190 g/mol. The Kier molecular flexibility index (Phi) is 5.88. The molecule has 0 saturated heterocycles. The van der Waals surface area contributed by atoms with Crippen LogP contribution in [0.15, 0.2) is 0 Å². The molecule has 90 valence electrons. The van der Waals surface area contributed by atoms with Crippen molar-refractivity contribution < 1.29 is 9.90 Å². The van der Waals surface area contributed by atoms with E-state index in [4.69, 9.17) is 0 Å². The van der Waals surface area contributed by atoms with Crippen LogP contribution in [0.1, 0.15) is 47.5 Å². The molecule has 0 fully saturated rings. The SMILES string of the molecule is CCNC(CC(C)C)(CC(C)C)C(=O)O. The first-order valence-corrected chi connectivity index (χ1v) is 5.82. The molecule has 0 aromatic carbocycles. The monoisotopic (exact) mass is 215 g/mol. The molecule has 0 radical (unpaired) electrons. The summed E-state index contributed by atoms with van der Waals surface area (Å²) in [5.41, 5.74) is -0.739. The zero-order valence-corrected chi connectivity index (χ0v) is 10.6. The maximum atomic E-state index is 11.4. The Labute approximate surface area is 93.3 Å². The predicted octanol–water partition coefficient (Wildman–Crippen LogP) is 2.51. The van der Waals surface area contributed by atoms with Crippen molar-refractivity contribution in [2.24, 2.45) is 11.8 Å². The summed E-state index contributed by atoms with van der Waals surface area (Å²) < 4.78 is 0. The van der Waals surface area contributed by atoms with Crippen LogP contribution in [-0.4, -0.2) is 23.2 Å². The summed E-state index contributed by atoms with van der Waals surface area (Å²) in [5, 5.41) is 12.5. The molecular formula is C12H25NO2. The van der Waals surface area contributed by atoms with Crippen LogP contribution in [0.5, 0.6) is 0 Å². The van der Waals surface area contributed by atoms with E-state index >= 15 is 0 Å². The van der Waals surface area contributed by atoms with Crippen molar-refractivity contribution in [3.05, 3.63) is 0 Å². The van der Waals surface area contributed by atoms with Crippen LogP contribution in [-0.2, 0) is 4.79 Å². The van der Waals surface area contributed by atoms with E-state index in [2.05, 4.69) is 33.0 Å².